The van der Waals surface area contributed by atoms with E-state index in [-0.39, 0.29) is 0 Å². The van der Waals surface area contributed by atoms with E-state index in [2.05, 4.69) is 173 Å². The second-order valence-electron chi connectivity index (χ2n) is 11.9. The third kappa shape index (κ3) is 4.57. The summed E-state index contributed by atoms with van der Waals surface area (Å²) < 4.78 is 2.42. The number of anilines is 3. The predicted octanol–water partition coefficient (Wildman–Crippen LogP) is 12.9. The SMILES string of the molecule is Clc1cc(-c2cc3c(c4ccccc24)c2c4ccccc4ccc2n3-c2ccccc2)cc(N(c2ccccc2)c2ccccc2)c1. The Labute approximate surface area is 278 Å². The van der Waals surface area contributed by atoms with Crippen molar-refractivity contribution in [3.63, 3.8) is 0 Å². The second-order valence-corrected chi connectivity index (χ2v) is 12.4. The number of aromatic nitrogens is 1. The van der Waals surface area contributed by atoms with E-state index in [1.807, 2.05) is 12.1 Å². The van der Waals surface area contributed by atoms with E-state index in [1.54, 1.807) is 0 Å². The Hall–Kier alpha value is -5.83. The first-order valence-corrected chi connectivity index (χ1v) is 16.3. The van der Waals surface area contributed by atoms with E-state index < -0.39 is 0 Å². The minimum Gasteiger partial charge on any atom is -0.310 e. The Balaban J connectivity index is 1.38. The van der Waals surface area contributed by atoms with Crippen LogP contribution in [0.4, 0.5) is 17.1 Å². The van der Waals surface area contributed by atoms with E-state index >= 15 is 0 Å². The minimum absolute atomic E-state index is 0.688. The number of para-hydroxylation sites is 3. The van der Waals surface area contributed by atoms with E-state index in [4.69, 9.17) is 11.6 Å². The molecular formula is C44H29ClN2. The standard InChI is InChI=1S/C44H29ClN2/c45-32-26-31(27-36(28-32)46(33-15-4-1-5-16-33)34-17-6-2-7-18-34)40-29-42-44(39-23-13-12-22-38(39)40)43-37-21-11-10-14-30(37)24-25-41(43)47(42)35-19-8-3-9-20-35/h1-29H. The van der Waals surface area contributed by atoms with Crippen molar-refractivity contribution in [2.75, 3.05) is 4.90 Å². The number of fused-ring (bicyclic) bond motifs is 7. The Morgan fingerprint density at radius 1 is 0.426 bits per heavy atom. The molecule has 0 bridgehead atoms. The molecule has 3 heteroatoms. The largest absolute Gasteiger partial charge is 0.310 e. The number of nitrogens with zero attached hydrogens (tertiary/aromatic N) is 2. The molecule has 0 amide bonds. The average Bonchev–Trinajstić information content (AvgIpc) is 3.47. The van der Waals surface area contributed by atoms with E-state index in [9.17, 15) is 0 Å². The van der Waals surface area contributed by atoms with Crippen LogP contribution >= 0.6 is 11.6 Å². The fourth-order valence-electron chi connectivity index (χ4n) is 7.19. The monoisotopic (exact) mass is 620 g/mol. The van der Waals surface area contributed by atoms with Crippen molar-refractivity contribution in [2.45, 2.75) is 0 Å². The van der Waals surface area contributed by atoms with Crippen LogP contribution in [0.25, 0.3) is 60.2 Å². The zero-order chi connectivity index (χ0) is 31.3. The minimum atomic E-state index is 0.688. The lowest BCUT2D eigenvalue weighted by atomic mass is 9.93. The average molecular weight is 621 g/mol. The Morgan fingerprint density at radius 2 is 1.00 bits per heavy atom. The summed E-state index contributed by atoms with van der Waals surface area (Å²) in [6.45, 7) is 0. The summed E-state index contributed by atoms with van der Waals surface area (Å²) in [7, 11) is 0. The van der Waals surface area contributed by atoms with Crippen molar-refractivity contribution >= 4 is 72.0 Å². The molecule has 9 aromatic rings. The number of halogens is 1. The molecule has 0 fully saturated rings. The van der Waals surface area contributed by atoms with Crippen molar-refractivity contribution in [3.8, 4) is 16.8 Å². The van der Waals surface area contributed by atoms with E-state index in [0.717, 1.165) is 33.9 Å². The third-order valence-corrected chi connectivity index (χ3v) is 9.38. The third-order valence-electron chi connectivity index (χ3n) is 9.16. The van der Waals surface area contributed by atoms with Gasteiger partial charge in [-0.15, -0.1) is 0 Å². The molecule has 0 atom stereocenters. The first-order chi connectivity index (χ1) is 23.2. The van der Waals surface area contributed by atoms with Crippen LogP contribution in [0.2, 0.25) is 5.02 Å². The van der Waals surface area contributed by atoms with Gasteiger partial charge in [0.1, 0.15) is 0 Å². The van der Waals surface area contributed by atoms with Crippen molar-refractivity contribution in [3.05, 3.63) is 181 Å². The second kappa shape index (κ2) is 11.2. The van der Waals surface area contributed by atoms with Crippen LogP contribution in [0.5, 0.6) is 0 Å². The highest BCUT2D eigenvalue weighted by atomic mass is 35.5. The zero-order valence-corrected chi connectivity index (χ0v) is 26.3. The predicted molar refractivity (Wildman–Crippen MR) is 201 cm³/mol. The molecule has 47 heavy (non-hydrogen) atoms. The summed E-state index contributed by atoms with van der Waals surface area (Å²) in [5.41, 5.74) is 8.85. The normalized spacial score (nSPS) is 11.5. The maximum absolute atomic E-state index is 7.01. The van der Waals surface area contributed by atoms with Gasteiger partial charge in [0, 0.05) is 38.5 Å². The van der Waals surface area contributed by atoms with Gasteiger partial charge >= 0.3 is 0 Å². The first-order valence-electron chi connectivity index (χ1n) is 15.9. The van der Waals surface area contributed by atoms with Gasteiger partial charge in [-0.25, -0.2) is 0 Å². The molecule has 222 valence electrons. The van der Waals surface area contributed by atoms with Crippen LogP contribution in [-0.2, 0) is 0 Å². The Morgan fingerprint density at radius 3 is 1.70 bits per heavy atom. The van der Waals surface area contributed by atoms with E-state index in [0.29, 0.717) is 5.02 Å². The fourth-order valence-corrected chi connectivity index (χ4v) is 7.42. The summed E-state index contributed by atoms with van der Waals surface area (Å²) in [6, 6.07) is 62.4. The highest BCUT2D eigenvalue weighted by Gasteiger charge is 2.21. The lowest BCUT2D eigenvalue weighted by molar-refractivity contribution is 1.18. The van der Waals surface area contributed by atoms with Crippen LogP contribution in [-0.4, -0.2) is 4.57 Å². The van der Waals surface area contributed by atoms with Gasteiger partial charge in [0.2, 0.25) is 0 Å². The van der Waals surface area contributed by atoms with Crippen LogP contribution in [0.3, 0.4) is 0 Å². The highest BCUT2D eigenvalue weighted by molar-refractivity contribution is 6.32. The van der Waals surface area contributed by atoms with Gasteiger partial charge in [-0.2, -0.15) is 0 Å². The van der Waals surface area contributed by atoms with Crippen LogP contribution < -0.4 is 4.90 Å². The quantitative estimate of drug-likeness (QED) is 0.186. The molecule has 8 aromatic carbocycles. The van der Waals surface area contributed by atoms with Gasteiger partial charge in [-0.3, -0.25) is 0 Å². The summed E-state index contributed by atoms with van der Waals surface area (Å²) in [5.74, 6) is 0. The molecule has 0 saturated heterocycles. The van der Waals surface area contributed by atoms with Crippen molar-refractivity contribution in [1.29, 1.82) is 0 Å². The lowest BCUT2D eigenvalue weighted by Crippen LogP contribution is -2.09. The summed E-state index contributed by atoms with van der Waals surface area (Å²) in [6.07, 6.45) is 0. The molecule has 0 N–H and O–H groups in total. The van der Waals surface area contributed by atoms with Crippen LogP contribution in [0, 0.1) is 0 Å². The van der Waals surface area contributed by atoms with Crippen LogP contribution in [0.1, 0.15) is 0 Å². The molecule has 0 aliphatic rings. The molecule has 0 aliphatic heterocycles. The Kier molecular flexibility index (Phi) is 6.55. The van der Waals surface area contributed by atoms with Crippen molar-refractivity contribution < 1.29 is 0 Å². The fraction of sp³-hybridized carbons (Fsp3) is 0. The molecular weight excluding hydrogens is 592 g/mol. The topological polar surface area (TPSA) is 8.17 Å². The lowest BCUT2D eigenvalue weighted by Gasteiger charge is -2.26. The van der Waals surface area contributed by atoms with Gasteiger partial charge in [0.25, 0.3) is 0 Å². The summed E-state index contributed by atoms with van der Waals surface area (Å²) in [4.78, 5) is 2.27. The maximum atomic E-state index is 7.01. The van der Waals surface area contributed by atoms with Crippen molar-refractivity contribution in [1.82, 2.24) is 4.57 Å². The molecule has 9 rings (SSSR count). The number of hydrogen-bond donors (Lipinski definition) is 0. The maximum Gasteiger partial charge on any atom is 0.0553 e. The molecule has 0 spiro atoms. The molecule has 2 nitrogen and oxygen atoms in total. The molecule has 0 radical (unpaired) electrons. The molecule has 1 heterocycles. The first kappa shape index (κ1) is 27.5. The highest BCUT2D eigenvalue weighted by Crippen LogP contribution is 2.45. The molecule has 0 unspecified atom stereocenters. The van der Waals surface area contributed by atoms with Crippen molar-refractivity contribution in [2.24, 2.45) is 0 Å². The van der Waals surface area contributed by atoms with Gasteiger partial charge < -0.3 is 9.47 Å². The zero-order valence-electron chi connectivity index (χ0n) is 25.5. The van der Waals surface area contributed by atoms with Gasteiger partial charge in [-0.05, 0) is 99.4 Å². The number of rotatable bonds is 5. The smallest absolute Gasteiger partial charge is 0.0553 e. The van der Waals surface area contributed by atoms with E-state index in [1.165, 1.54) is 43.4 Å². The Bertz CT molecular complexity index is 2530. The number of hydrogen-bond acceptors (Lipinski definition) is 1. The molecule has 1 aromatic heterocycles. The van der Waals surface area contributed by atoms with Gasteiger partial charge in [0.15, 0.2) is 0 Å². The molecule has 0 saturated carbocycles. The van der Waals surface area contributed by atoms with Gasteiger partial charge in [0.05, 0.1) is 11.0 Å². The summed E-state index contributed by atoms with van der Waals surface area (Å²) in [5, 5.41) is 8.14. The molecule has 0 aliphatic carbocycles. The van der Waals surface area contributed by atoms with Crippen LogP contribution in [0.15, 0.2) is 176 Å². The summed E-state index contributed by atoms with van der Waals surface area (Å²) >= 11 is 7.01. The number of benzene rings is 8. The van der Waals surface area contributed by atoms with Gasteiger partial charge in [-0.1, -0.05) is 121 Å².